The van der Waals surface area contributed by atoms with Crippen molar-refractivity contribution in [3.05, 3.63) is 69.8 Å². The molecule has 146 valence electrons. The standard InChI is InChI=1S/C19H18ClN3O4S/c20-16-6-1-2-7-17(16)21-28(26,27)15-10-11-18(19(12-15)23(24)25)22-13-4-3-5-14(22)9-8-13/h1-4,6-7,10-14,21H,5,8-9H2. The fourth-order valence-electron chi connectivity index (χ4n) is 3.88. The van der Waals surface area contributed by atoms with Crippen molar-refractivity contribution in [1.29, 1.82) is 0 Å². The monoisotopic (exact) mass is 419 g/mol. The van der Waals surface area contributed by atoms with Gasteiger partial charge in [0.15, 0.2) is 0 Å². The summed E-state index contributed by atoms with van der Waals surface area (Å²) in [6.07, 6.45) is 6.91. The van der Waals surface area contributed by atoms with Crippen LogP contribution in [0.2, 0.25) is 5.02 Å². The molecule has 28 heavy (non-hydrogen) atoms. The van der Waals surface area contributed by atoms with Crippen molar-refractivity contribution in [3.63, 3.8) is 0 Å². The van der Waals surface area contributed by atoms with E-state index in [-0.39, 0.29) is 33.4 Å². The second-order valence-corrected chi connectivity index (χ2v) is 8.95. The van der Waals surface area contributed by atoms with Gasteiger partial charge in [0, 0.05) is 18.2 Å². The number of rotatable bonds is 5. The maximum Gasteiger partial charge on any atom is 0.293 e. The lowest BCUT2D eigenvalue weighted by molar-refractivity contribution is -0.384. The van der Waals surface area contributed by atoms with E-state index in [0.717, 1.165) is 25.3 Å². The quantitative estimate of drug-likeness (QED) is 0.442. The maximum atomic E-state index is 12.7. The summed E-state index contributed by atoms with van der Waals surface area (Å²) in [6.45, 7) is 0. The number of benzene rings is 2. The fraction of sp³-hybridized carbons (Fsp3) is 0.263. The van der Waals surface area contributed by atoms with Crippen molar-refractivity contribution < 1.29 is 13.3 Å². The Morgan fingerprint density at radius 2 is 1.96 bits per heavy atom. The minimum atomic E-state index is -4.02. The summed E-state index contributed by atoms with van der Waals surface area (Å²) in [5, 5.41) is 12.0. The first-order valence-electron chi connectivity index (χ1n) is 8.87. The van der Waals surface area contributed by atoms with Gasteiger partial charge in [-0.05, 0) is 43.5 Å². The molecule has 2 heterocycles. The number of anilines is 2. The third-order valence-electron chi connectivity index (χ3n) is 5.16. The first-order valence-corrected chi connectivity index (χ1v) is 10.7. The van der Waals surface area contributed by atoms with E-state index >= 15 is 0 Å². The van der Waals surface area contributed by atoms with Gasteiger partial charge >= 0.3 is 0 Å². The number of para-hydroxylation sites is 1. The normalized spacial score (nSPS) is 21.0. The molecule has 2 aliphatic heterocycles. The van der Waals surface area contributed by atoms with Crippen LogP contribution in [0.4, 0.5) is 17.1 Å². The summed E-state index contributed by atoms with van der Waals surface area (Å²) in [7, 11) is -4.02. The Labute approximate surface area is 167 Å². The number of nitro groups is 1. The Morgan fingerprint density at radius 1 is 1.18 bits per heavy atom. The van der Waals surface area contributed by atoms with E-state index in [4.69, 9.17) is 11.6 Å². The van der Waals surface area contributed by atoms with Gasteiger partial charge in [0.2, 0.25) is 0 Å². The maximum absolute atomic E-state index is 12.7. The van der Waals surface area contributed by atoms with E-state index in [9.17, 15) is 18.5 Å². The topological polar surface area (TPSA) is 92.5 Å². The third-order valence-corrected chi connectivity index (χ3v) is 6.86. The van der Waals surface area contributed by atoms with Crippen LogP contribution in [0.3, 0.4) is 0 Å². The number of halogens is 1. The molecule has 1 N–H and O–H groups in total. The van der Waals surface area contributed by atoms with Gasteiger partial charge < -0.3 is 4.90 Å². The van der Waals surface area contributed by atoms with E-state index in [1.165, 1.54) is 18.2 Å². The van der Waals surface area contributed by atoms with Crippen molar-refractivity contribution >= 4 is 38.7 Å². The summed E-state index contributed by atoms with van der Waals surface area (Å²) in [6, 6.07) is 10.8. The number of hydrogen-bond acceptors (Lipinski definition) is 5. The van der Waals surface area contributed by atoms with E-state index in [1.54, 1.807) is 18.2 Å². The van der Waals surface area contributed by atoms with Crippen molar-refractivity contribution in [2.24, 2.45) is 0 Å². The third kappa shape index (κ3) is 3.33. The number of hydrogen-bond donors (Lipinski definition) is 1. The van der Waals surface area contributed by atoms with E-state index in [2.05, 4.69) is 16.9 Å². The van der Waals surface area contributed by atoms with Gasteiger partial charge in [-0.15, -0.1) is 0 Å². The number of nitrogens with zero attached hydrogens (tertiary/aromatic N) is 2. The molecular formula is C19H18ClN3O4S. The van der Waals surface area contributed by atoms with Crippen LogP contribution >= 0.6 is 11.6 Å². The predicted octanol–water partition coefficient (Wildman–Crippen LogP) is 4.35. The first kappa shape index (κ1) is 18.8. The van der Waals surface area contributed by atoms with Gasteiger partial charge in [0.05, 0.1) is 20.5 Å². The van der Waals surface area contributed by atoms with Gasteiger partial charge in [-0.2, -0.15) is 0 Å². The van der Waals surface area contributed by atoms with Crippen LogP contribution in [0, 0.1) is 10.1 Å². The molecule has 1 fully saturated rings. The number of nitro benzene ring substituents is 1. The molecule has 0 aliphatic carbocycles. The molecule has 7 nitrogen and oxygen atoms in total. The summed E-state index contributed by atoms with van der Waals surface area (Å²) in [4.78, 5) is 13.0. The first-order chi connectivity index (χ1) is 13.4. The number of fused-ring (bicyclic) bond motifs is 2. The molecule has 0 saturated carbocycles. The smallest absolute Gasteiger partial charge is 0.293 e. The predicted molar refractivity (Wildman–Crippen MR) is 108 cm³/mol. The van der Waals surface area contributed by atoms with Gasteiger partial charge in [-0.25, -0.2) is 8.42 Å². The van der Waals surface area contributed by atoms with Gasteiger partial charge in [-0.3, -0.25) is 14.8 Å². The molecule has 2 aromatic carbocycles. The van der Waals surface area contributed by atoms with Crippen LogP contribution in [-0.2, 0) is 10.0 Å². The lowest BCUT2D eigenvalue weighted by atomic mass is 10.1. The number of nitrogens with one attached hydrogen (secondary N) is 1. The molecule has 2 unspecified atom stereocenters. The highest BCUT2D eigenvalue weighted by Crippen LogP contribution is 2.41. The second-order valence-electron chi connectivity index (χ2n) is 6.86. The van der Waals surface area contributed by atoms with Gasteiger partial charge in [-0.1, -0.05) is 35.9 Å². The molecule has 1 saturated heterocycles. The highest BCUT2D eigenvalue weighted by atomic mass is 35.5. The molecule has 2 aromatic rings. The highest BCUT2D eigenvalue weighted by molar-refractivity contribution is 7.92. The van der Waals surface area contributed by atoms with Crippen LogP contribution in [0.1, 0.15) is 19.3 Å². The Kier molecular flexibility index (Phi) is 4.76. The van der Waals surface area contributed by atoms with Crippen LogP contribution < -0.4 is 9.62 Å². The highest BCUT2D eigenvalue weighted by Gasteiger charge is 2.37. The van der Waals surface area contributed by atoms with Gasteiger partial charge in [0.25, 0.3) is 15.7 Å². The van der Waals surface area contributed by atoms with Crippen LogP contribution in [0.25, 0.3) is 0 Å². The zero-order valence-electron chi connectivity index (χ0n) is 14.8. The van der Waals surface area contributed by atoms with E-state index < -0.39 is 14.9 Å². The van der Waals surface area contributed by atoms with Crippen molar-refractivity contribution in [3.8, 4) is 0 Å². The Morgan fingerprint density at radius 3 is 2.68 bits per heavy atom. The van der Waals surface area contributed by atoms with Gasteiger partial charge in [0.1, 0.15) is 5.69 Å². The molecule has 0 amide bonds. The van der Waals surface area contributed by atoms with Crippen molar-refractivity contribution in [2.75, 3.05) is 9.62 Å². The number of sulfonamides is 1. The van der Waals surface area contributed by atoms with Crippen LogP contribution in [0.15, 0.2) is 59.5 Å². The van der Waals surface area contributed by atoms with Crippen molar-refractivity contribution in [1.82, 2.24) is 0 Å². The molecular weight excluding hydrogens is 402 g/mol. The fourth-order valence-corrected chi connectivity index (χ4v) is 5.22. The van der Waals surface area contributed by atoms with Crippen LogP contribution in [0.5, 0.6) is 0 Å². The second kappa shape index (κ2) is 7.10. The summed E-state index contributed by atoms with van der Waals surface area (Å²) < 4.78 is 27.9. The summed E-state index contributed by atoms with van der Waals surface area (Å²) in [5.74, 6) is 0. The molecule has 0 aromatic heterocycles. The molecule has 9 heteroatoms. The summed E-state index contributed by atoms with van der Waals surface area (Å²) in [5.41, 5.74) is 0.461. The average molecular weight is 420 g/mol. The molecule has 2 atom stereocenters. The molecule has 2 bridgehead atoms. The summed E-state index contributed by atoms with van der Waals surface area (Å²) >= 11 is 6.02. The average Bonchev–Trinajstić information content (AvgIpc) is 2.91. The van der Waals surface area contributed by atoms with E-state index in [1.807, 2.05) is 4.90 Å². The van der Waals surface area contributed by atoms with Crippen LogP contribution in [-0.4, -0.2) is 25.4 Å². The Balaban J connectivity index is 1.72. The Hall–Kier alpha value is -2.58. The minimum absolute atomic E-state index is 0.112. The molecule has 4 rings (SSSR count). The molecule has 0 radical (unpaired) electrons. The molecule has 2 aliphatic rings. The SMILES string of the molecule is O=[N+]([O-])c1cc(S(=O)(=O)Nc2ccccc2Cl)ccc1N1C2C=CCC1CC2. The Bertz CT molecular complexity index is 1070. The lowest BCUT2D eigenvalue weighted by Crippen LogP contribution is -2.37. The minimum Gasteiger partial charge on any atom is -0.356 e. The zero-order chi connectivity index (χ0) is 19.9. The molecule has 0 spiro atoms. The largest absolute Gasteiger partial charge is 0.356 e. The lowest BCUT2D eigenvalue weighted by Gasteiger charge is -2.33. The van der Waals surface area contributed by atoms with Crippen molar-refractivity contribution in [2.45, 2.75) is 36.2 Å². The van der Waals surface area contributed by atoms with E-state index in [0.29, 0.717) is 5.69 Å². The zero-order valence-corrected chi connectivity index (χ0v) is 16.4.